The molecule has 3 atom stereocenters. The van der Waals surface area contributed by atoms with Gasteiger partial charge in [0.2, 0.25) is 11.8 Å². The number of methoxy groups -OCH3 is 1. The lowest BCUT2D eigenvalue weighted by Crippen LogP contribution is -2.55. The number of benzene rings is 2. The Bertz CT molecular complexity index is 1290. The van der Waals surface area contributed by atoms with E-state index in [9.17, 15) is 9.59 Å². The van der Waals surface area contributed by atoms with Gasteiger partial charge in [0.1, 0.15) is 16.8 Å². The molecule has 0 spiro atoms. The van der Waals surface area contributed by atoms with Gasteiger partial charge in [-0.25, -0.2) is 4.98 Å². The van der Waals surface area contributed by atoms with E-state index in [1.165, 1.54) is 6.42 Å². The molecule has 2 aliphatic rings. The Morgan fingerprint density at radius 3 is 2.55 bits per heavy atom. The quantitative estimate of drug-likeness (QED) is 0.409. The zero-order valence-corrected chi connectivity index (χ0v) is 23.4. The van der Waals surface area contributed by atoms with Crippen LogP contribution in [0, 0.1) is 5.92 Å². The summed E-state index contributed by atoms with van der Waals surface area (Å²) in [7, 11) is 3.46. The van der Waals surface area contributed by atoms with Gasteiger partial charge in [-0.2, -0.15) is 0 Å². The van der Waals surface area contributed by atoms with Crippen LogP contribution in [0.3, 0.4) is 0 Å². The second-order valence-electron chi connectivity index (χ2n) is 10.5. The molecule has 7 nitrogen and oxygen atoms in total. The maximum Gasteiger partial charge on any atom is 0.246 e. The van der Waals surface area contributed by atoms with Crippen LogP contribution in [0.25, 0.3) is 22.0 Å². The topological polar surface area (TPSA) is 83.6 Å². The molecule has 3 aromatic rings. The lowest BCUT2D eigenvalue weighted by Gasteiger charge is -2.35. The zero-order valence-electron chi connectivity index (χ0n) is 22.5. The van der Waals surface area contributed by atoms with Gasteiger partial charge in [0.05, 0.1) is 24.9 Å². The highest BCUT2D eigenvalue weighted by molar-refractivity contribution is 7.10. The summed E-state index contributed by atoms with van der Waals surface area (Å²) in [6, 6.07) is 11.4. The Morgan fingerprint density at radius 2 is 1.82 bits per heavy atom. The first kappa shape index (κ1) is 26.6. The van der Waals surface area contributed by atoms with E-state index >= 15 is 0 Å². The monoisotopic (exact) mass is 534 g/mol. The van der Waals surface area contributed by atoms with E-state index in [0.29, 0.717) is 6.54 Å². The van der Waals surface area contributed by atoms with Crippen molar-refractivity contribution in [3.63, 3.8) is 0 Å². The molecule has 1 saturated heterocycles. The fourth-order valence-electron chi connectivity index (χ4n) is 5.96. The molecule has 1 aliphatic carbocycles. The number of carbonyl (C=O) groups excluding carboxylic acids is 2. The first-order valence-corrected chi connectivity index (χ1v) is 14.7. The van der Waals surface area contributed by atoms with Crippen molar-refractivity contribution in [3.05, 3.63) is 46.8 Å². The van der Waals surface area contributed by atoms with Crippen molar-refractivity contribution in [1.82, 2.24) is 20.5 Å². The third kappa shape index (κ3) is 5.29. The van der Waals surface area contributed by atoms with Gasteiger partial charge in [0.15, 0.2) is 0 Å². The van der Waals surface area contributed by atoms with E-state index in [-0.39, 0.29) is 29.8 Å². The number of aromatic nitrogens is 1. The lowest BCUT2D eigenvalue weighted by atomic mass is 9.83. The molecule has 8 heteroatoms. The summed E-state index contributed by atoms with van der Waals surface area (Å²) in [6.45, 7) is 2.53. The van der Waals surface area contributed by atoms with E-state index in [4.69, 9.17) is 9.72 Å². The third-order valence-corrected chi connectivity index (χ3v) is 9.18. The Kier molecular flexibility index (Phi) is 8.29. The second kappa shape index (κ2) is 11.8. The highest BCUT2D eigenvalue weighted by Gasteiger charge is 2.40. The predicted molar refractivity (Wildman–Crippen MR) is 152 cm³/mol. The molecule has 1 saturated carbocycles. The van der Waals surface area contributed by atoms with Gasteiger partial charge >= 0.3 is 0 Å². The predicted octanol–water partition coefficient (Wildman–Crippen LogP) is 5.31. The van der Waals surface area contributed by atoms with E-state index in [1.807, 2.05) is 30.0 Å². The Balaban J connectivity index is 1.41. The summed E-state index contributed by atoms with van der Waals surface area (Å²) >= 11 is 1.62. The molecule has 202 valence electrons. The van der Waals surface area contributed by atoms with E-state index in [0.717, 1.165) is 71.3 Å². The SMILES string of the molecule is CN[C@@H](C)C(=O)N[C@H](C(=O)N1CCC[C@H]1c1nc(-c2ccc(OC)c3ccccc23)cs1)C1CCCCC1. The van der Waals surface area contributed by atoms with Gasteiger partial charge in [-0.15, -0.1) is 11.3 Å². The van der Waals surface area contributed by atoms with Crippen molar-refractivity contribution in [2.24, 2.45) is 5.92 Å². The summed E-state index contributed by atoms with van der Waals surface area (Å²) in [4.78, 5) is 33.9. The second-order valence-corrected chi connectivity index (χ2v) is 11.4. The van der Waals surface area contributed by atoms with Crippen LogP contribution in [0.1, 0.15) is 62.9 Å². The summed E-state index contributed by atoms with van der Waals surface area (Å²) < 4.78 is 5.57. The Morgan fingerprint density at radius 1 is 1.05 bits per heavy atom. The summed E-state index contributed by atoms with van der Waals surface area (Å²) in [5.74, 6) is 0.955. The maximum atomic E-state index is 14.1. The lowest BCUT2D eigenvalue weighted by molar-refractivity contribution is -0.139. The molecular weight excluding hydrogens is 496 g/mol. The summed E-state index contributed by atoms with van der Waals surface area (Å²) in [5.41, 5.74) is 1.98. The van der Waals surface area contributed by atoms with Gasteiger partial charge in [0.25, 0.3) is 0 Å². The van der Waals surface area contributed by atoms with E-state index in [1.54, 1.807) is 25.5 Å². The number of hydrogen-bond donors (Lipinski definition) is 2. The Labute approximate surface area is 229 Å². The number of rotatable bonds is 8. The highest BCUT2D eigenvalue weighted by Crippen LogP contribution is 2.40. The summed E-state index contributed by atoms with van der Waals surface area (Å²) in [5, 5.41) is 11.3. The van der Waals surface area contributed by atoms with Crippen LogP contribution in [0.2, 0.25) is 0 Å². The summed E-state index contributed by atoms with van der Waals surface area (Å²) in [6.07, 6.45) is 7.22. The normalized spacial score (nSPS) is 19.9. The van der Waals surface area contributed by atoms with Crippen LogP contribution in [0.5, 0.6) is 5.75 Å². The first-order valence-electron chi connectivity index (χ1n) is 13.8. The number of hydrogen-bond acceptors (Lipinski definition) is 6. The van der Waals surface area contributed by atoms with Crippen molar-refractivity contribution in [1.29, 1.82) is 0 Å². The van der Waals surface area contributed by atoms with Crippen molar-refractivity contribution >= 4 is 33.9 Å². The number of likely N-dealkylation sites (N-methyl/N-ethyl adjacent to an activating group) is 1. The van der Waals surface area contributed by atoms with Crippen LogP contribution >= 0.6 is 11.3 Å². The molecule has 0 bridgehead atoms. The van der Waals surface area contributed by atoms with E-state index < -0.39 is 6.04 Å². The zero-order chi connectivity index (χ0) is 26.6. The molecule has 1 aliphatic heterocycles. The van der Waals surface area contributed by atoms with Crippen LogP contribution in [0.15, 0.2) is 41.8 Å². The average molecular weight is 535 g/mol. The molecule has 38 heavy (non-hydrogen) atoms. The number of nitrogens with one attached hydrogen (secondary N) is 2. The number of ether oxygens (including phenoxy) is 1. The molecule has 1 aromatic heterocycles. The molecule has 2 N–H and O–H groups in total. The molecule has 0 radical (unpaired) electrons. The number of nitrogens with zero attached hydrogens (tertiary/aromatic N) is 2. The maximum absolute atomic E-state index is 14.1. The smallest absolute Gasteiger partial charge is 0.246 e. The molecule has 2 aromatic carbocycles. The standard InChI is InChI=1S/C30H38N4O3S/c1-19(31-2)28(35)33-27(20-10-5-4-6-11-20)30(36)34-17-9-14-25(34)29-32-24(18-38-29)22-15-16-26(37-3)23-13-8-7-12-21(22)23/h7-8,12-13,15-16,18-20,25,27,31H,4-6,9-11,14,17H2,1-3H3,(H,33,35)/t19-,25-,27-/m0/s1. The average Bonchev–Trinajstić information content (AvgIpc) is 3.65. The van der Waals surface area contributed by atoms with Crippen molar-refractivity contribution in [2.75, 3.05) is 20.7 Å². The van der Waals surface area contributed by atoms with Gasteiger partial charge in [-0.3, -0.25) is 9.59 Å². The van der Waals surface area contributed by atoms with Crippen LogP contribution in [-0.4, -0.2) is 54.5 Å². The minimum absolute atomic E-state index is 0.0442. The third-order valence-electron chi connectivity index (χ3n) is 8.23. The van der Waals surface area contributed by atoms with Crippen LogP contribution in [0.4, 0.5) is 0 Å². The molecule has 2 amide bonds. The van der Waals surface area contributed by atoms with Gasteiger partial charge in [-0.05, 0) is 63.1 Å². The fourth-order valence-corrected chi connectivity index (χ4v) is 6.93. The van der Waals surface area contributed by atoms with Crippen molar-refractivity contribution in [2.45, 2.75) is 70.0 Å². The van der Waals surface area contributed by atoms with Crippen molar-refractivity contribution < 1.29 is 14.3 Å². The minimum atomic E-state index is -0.482. The molecule has 2 fully saturated rings. The highest BCUT2D eigenvalue weighted by atomic mass is 32.1. The first-order chi connectivity index (χ1) is 18.5. The van der Waals surface area contributed by atoms with Crippen molar-refractivity contribution in [3.8, 4) is 17.0 Å². The number of carbonyl (C=O) groups is 2. The van der Waals surface area contributed by atoms with E-state index in [2.05, 4.69) is 34.2 Å². The van der Waals surface area contributed by atoms with Gasteiger partial charge < -0.3 is 20.3 Å². The molecule has 2 heterocycles. The number of amides is 2. The minimum Gasteiger partial charge on any atom is -0.496 e. The molecule has 5 rings (SSSR count). The van der Waals surface area contributed by atoms with Gasteiger partial charge in [0, 0.05) is 22.9 Å². The van der Waals surface area contributed by atoms with Gasteiger partial charge in [-0.1, -0.05) is 43.5 Å². The molecule has 0 unspecified atom stereocenters. The number of thiazole rings is 1. The fraction of sp³-hybridized carbons (Fsp3) is 0.500. The largest absolute Gasteiger partial charge is 0.496 e. The molecular formula is C30H38N4O3S. The number of fused-ring (bicyclic) bond motifs is 1. The number of likely N-dealkylation sites (tertiary alicyclic amines) is 1. The van der Waals surface area contributed by atoms with Crippen LogP contribution < -0.4 is 15.4 Å². The van der Waals surface area contributed by atoms with Crippen LogP contribution in [-0.2, 0) is 9.59 Å². The Hall–Kier alpha value is -2.97.